The van der Waals surface area contributed by atoms with Crippen molar-refractivity contribution < 1.29 is 17.9 Å². The molecule has 8 nitrogen and oxygen atoms in total. The van der Waals surface area contributed by atoms with Crippen molar-refractivity contribution in [3.8, 4) is 11.5 Å². The molecule has 1 atom stereocenters. The predicted molar refractivity (Wildman–Crippen MR) is 98.2 cm³/mol. The van der Waals surface area contributed by atoms with Crippen LogP contribution in [0, 0.1) is 6.92 Å². The number of benzene rings is 1. The van der Waals surface area contributed by atoms with Gasteiger partial charge in [-0.25, -0.2) is 13.4 Å². The maximum absolute atomic E-state index is 11.6. The molecule has 138 valence electrons. The van der Waals surface area contributed by atoms with Crippen LogP contribution >= 0.6 is 0 Å². The zero-order valence-electron chi connectivity index (χ0n) is 14.4. The highest BCUT2D eigenvalue weighted by Gasteiger charge is 2.28. The second-order valence-corrected chi connectivity index (χ2v) is 8.67. The van der Waals surface area contributed by atoms with Crippen LogP contribution in [-0.2, 0) is 9.84 Å². The Morgan fingerprint density at radius 3 is 2.69 bits per heavy atom. The van der Waals surface area contributed by atoms with Gasteiger partial charge in [-0.1, -0.05) is 0 Å². The van der Waals surface area contributed by atoms with Crippen molar-refractivity contribution in [1.82, 2.24) is 9.97 Å². The third kappa shape index (κ3) is 3.82. The van der Waals surface area contributed by atoms with Crippen LogP contribution in [0.2, 0.25) is 0 Å². The lowest BCUT2D eigenvalue weighted by molar-refractivity contribution is 0.171. The fourth-order valence-electron chi connectivity index (χ4n) is 3.06. The molecular weight excluding hydrogens is 356 g/mol. The molecule has 9 heteroatoms. The van der Waals surface area contributed by atoms with E-state index in [0.717, 1.165) is 17.1 Å². The van der Waals surface area contributed by atoms with Gasteiger partial charge in [0.2, 0.25) is 5.95 Å². The largest absolute Gasteiger partial charge is 0.486 e. The molecule has 1 aromatic carbocycles. The molecule has 1 saturated heterocycles. The van der Waals surface area contributed by atoms with Crippen molar-refractivity contribution in [1.29, 1.82) is 0 Å². The quantitative estimate of drug-likeness (QED) is 0.834. The summed E-state index contributed by atoms with van der Waals surface area (Å²) >= 11 is 0. The Balaban J connectivity index is 1.51. The van der Waals surface area contributed by atoms with Crippen LogP contribution in [0.1, 0.15) is 12.1 Å². The summed E-state index contributed by atoms with van der Waals surface area (Å²) in [5.74, 6) is 2.80. The fourth-order valence-corrected chi connectivity index (χ4v) is 4.73. The van der Waals surface area contributed by atoms with Gasteiger partial charge in [0.15, 0.2) is 21.3 Å². The summed E-state index contributed by atoms with van der Waals surface area (Å²) in [6, 6.07) is 7.29. The fraction of sp³-hybridized carbons (Fsp3) is 0.412. The van der Waals surface area contributed by atoms with E-state index in [1.54, 1.807) is 0 Å². The van der Waals surface area contributed by atoms with Crippen molar-refractivity contribution in [3.05, 3.63) is 30.0 Å². The lowest BCUT2D eigenvalue weighted by Gasteiger charge is -2.19. The Morgan fingerprint density at radius 1 is 1.12 bits per heavy atom. The minimum Gasteiger partial charge on any atom is -0.486 e. The number of fused-ring (bicyclic) bond motifs is 1. The number of hydrogen-bond donors (Lipinski definition) is 2. The lowest BCUT2D eigenvalue weighted by atomic mass is 10.2. The molecule has 2 aliphatic heterocycles. The second kappa shape index (κ2) is 6.64. The zero-order chi connectivity index (χ0) is 18.1. The molecule has 1 fully saturated rings. The zero-order valence-corrected chi connectivity index (χ0v) is 15.2. The number of sulfone groups is 1. The average Bonchev–Trinajstić information content (AvgIpc) is 2.92. The van der Waals surface area contributed by atoms with Gasteiger partial charge in [-0.3, -0.25) is 0 Å². The van der Waals surface area contributed by atoms with E-state index >= 15 is 0 Å². The van der Waals surface area contributed by atoms with Crippen LogP contribution < -0.4 is 20.1 Å². The maximum Gasteiger partial charge on any atom is 0.225 e. The summed E-state index contributed by atoms with van der Waals surface area (Å²) < 4.78 is 34.3. The number of aromatic nitrogens is 2. The van der Waals surface area contributed by atoms with Crippen LogP contribution in [0.5, 0.6) is 11.5 Å². The first-order valence-corrected chi connectivity index (χ1v) is 10.3. The summed E-state index contributed by atoms with van der Waals surface area (Å²) in [5.41, 5.74) is 1.60. The second-order valence-electron chi connectivity index (χ2n) is 6.45. The summed E-state index contributed by atoms with van der Waals surface area (Å²) in [4.78, 5) is 8.81. The van der Waals surface area contributed by atoms with Gasteiger partial charge < -0.3 is 20.1 Å². The number of hydrogen-bond acceptors (Lipinski definition) is 8. The highest BCUT2D eigenvalue weighted by Crippen LogP contribution is 2.33. The van der Waals surface area contributed by atoms with Crippen LogP contribution in [0.25, 0.3) is 0 Å². The standard InChI is InChI=1S/C17H20N4O4S/c1-11-8-16(19-12-2-3-14-15(9-12)25-6-5-24-14)21-17(18-11)20-13-4-7-26(22,23)10-13/h2-3,8-9,13H,4-7,10H2,1H3,(H2,18,19,20,21). The normalized spacial score (nSPS) is 20.6. The molecule has 3 heterocycles. The van der Waals surface area contributed by atoms with Crippen molar-refractivity contribution in [2.45, 2.75) is 19.4 Å². The highest BCUT2D eigenvalue weighted by molar-refractivity contribution is 7.91. The molecule has 26 heavy (non-hydrogen) atoms. The van der Waals surface area contributed by atoms with E-state index in [1.165, 1.54) is 0 Å². The Kier molecular flexibility index (Phi) is 4.31. The summed E-state index contributed by atoms with van der Waals surface area (Å²) in [6.45, 7) is 2.95. The molecule has 0 aliphatic carbocycles. The molecule has 4 rings (SSSR count). The molecule has 2 aromatic rings. The number of ether oxygens (including phenoxy) is 2. The first-order valence-electron chi connectivity index (χ1n) is 8.46. The van der Waals surface area contributed by atoms with E-state index in [2.05, 4.69) is 20.6 Å². The molecule has 0 radical (unpaired) electrons. The third-order valence-corrected chi connectivity index (χ3v) is 6.00. The first-order chi connectivity index (χ1) is 12.5. The van der Waals surface area contributed by atoms with E-state index in [-0.39, 0.29) is 17.5 Å². The Hall–Kier alpha value is -2.55. The lowest BCUT2D eigenvalue weighted by Crippen LogP contribution is -2.22. The molecular formula is C17H20N4O4S. The van der Waals surface area contributed by atoms with E-state index in [4.69, 9.17) is 9.47 Å². The van der Waals surface area contributed by atoms with E-state index < -0.39 is 9.84 Å². The summed E-state index contributed by atoms with van der Waals surface area (Å²) in [7, 11) is -2.95. The summed E-state index contributed by atoms with van der Waals surface area (Å²) in [5, 5.41) is 6.36. The molecule has 2 N–H and O–H groups in total. The van der Waals surface area contributed by atoms with E-state index in [0.29, 0.717) is 37.2 Å². The summed E-state index contributed by atoms with van der Waals surface area (Å²) in [6.07, 6.45) is 0.574. The molecule has 0 saturated carbocycles. The van der Waals surface area contributed by atoms with Crippen LogP contribution in [0.4, 0.5) is 17.5 Å². The topological polar surface area (TPSA) is 102 Å². The Bertz CT molecular complexity index is 932. The maximum atomic E-state index is 11.6. The van der Waals surface area contributed by atoms with Gasteiger partial charge >= 0.3 is 0 Å². The van der Waals surface area contributed by atoms with Crippen LogP contribution in [0.3, 0.4) is 0 Å². The first kappa shape index (κ1) is 16.9. The van der Waals surface area contributed by atoms with Gasteiger partial charge in [0.25, 0.3) is 0 Å². The van der Waals surface area contributed by atoms with Crippen molar-refractivity contribution in [2.75, 3.05) is 35.4 Å². The SMILES string of the molecule is Cc1cc(Nc2ccc3c(c2)OCCO3)nc(NC2CCS(=O)(=O)C2)n1. The molecule has 0 spiro atoms. The monoisotopic (exact) mass is 376 g/mol. The number of anilines is 3. The van der Waals surface area contributed by atoms with E-state index in [1.807, 2.05) is 31.2 Å². The van der Waals surface area contributed by atoms with Gasteiger partial charge in [0.1, 0.15) is 19.0 Å². The molecule has 1 aromatic heterocycles. The number of aryl methyl sites for hydroxylation is 1. The highest BCUT2D eigenvalue weighted by atomic mass is 32.2. The van der Waals surface area contributed by atoms with Crippen molar-refractivity contribution in [2.24, 2.45) is 0 Å². The van der Waals surface area contributed by atoms with Gasteiger partial charge in [-0.2, -0.15) is 4.98 Å². The van der Waals surface area contributed by atoms with Gasteiger partial charge in [-0.15, -0.1) is 0 Å². The predicted octanol–water partition coefficient (Wildman–Crippen LogP) is 1.90. The van der Waals surface area contributed by atoms with Crippen LogP contribution in [0.15, 0.2) is 24.3 Å². The van der Waals surface area contributed by atoms with Crippen molar-refractivity contribution >= 4 is 27.3 Å². The molecule has 2 aliphatic rings. The number of nitrogens with zero attached hydrogens (tertiary/aromatic N) is 2. The Labute approximate surface area is 151 Å². The van der Waals surface area contributed by atoms with E-state index in [9.17, 15) is 8.42 Å². The van der Waals surface area contributed by atoms with Gasteiger partial charge in [0.05, 0.1) is 11.5 Å². The molecule has 1 unspecified atom stereocenters. The number of rotatable bonds is 4. The van der Waals surface area contributed by atoms with Gasteiger partial charge in [-0.05, 0) is 25.5 Å². The van der Waals surface area contributed by atoms with Crippen LogP contribution in [-0.4, -0.2) is 49.1 Å². The smallest absolute Gasteiger partial charge is 0.225 e. The minimum absolute atomic E-state index is 0.120. The third-order valence-electron chi connectivity index (χ3n) is 4.23. The van der Waals surface area contributed by atoms with Crippen molar-refractivity contribution in [3.63, 3.8) is 0 Å². The molecule has 0 amide bonds. The average molecular weight is 376 g/mol. The number of nitrogens with one attached hydrogen (secondary N) is 2. The minimum atomic E-state index is -2.95. The Morgan fingerprint density at radius 2 is 1.92 bits per heavy atom. The molecule has 0 bridgehead atoms. The van der Waals surface area contributed by atoms with Gasteiger partial charge in [0, 0.05) is 29.6 Å².